The molecule has 0 radical (unpaired) electrons. The Bertz CT molecular complexity index is 1240. The second-order valence-electron chi connectivity index (χ2n) is 10.6. The Morgan fingerprint density at radius 2 is 1.87 bits per heavy atom. The topological polar surface area (TPSA) is 111 Å². The molecule has 1 aromatic heterocycles. The van der Waals surface area contributed by atoms with Gasteiger partial charge >= 0.3 is 0 Å². The largest absolute Gasteiger partial charge is 0.507 e. The number of fused-ring (bicyclic) bond motifs is 1. The van der Waals surface area contributed by atoms with E-state index in [1.165, 1.54) is 4.90 Å². The fourth-order valence-corrected chi connectivity index (χ4v) is 6.17. The third kappa shape index (κ3) is 5.31. The van der Waals surface area contributed by atoms with E-state index in [1.54, 1.807) is 6.20 Å². The number of benzene rings is 1. The van der Waals surface area contributed by atoms with E-state index in [-0.39, 0.29) is 24.2 Å². The molecule has 2 aromatic rings. The van der Waals surface area contributed by atoms with E-state index in [0.717, 1.165) is 33.5 Å². The van der Waals surface area contributed by atoms with Crippen molar-refractivity contribution in [2.75, 3.05) is 13.2 Å². The summed E-state index contributed by atoms with van der Waals surface area (Å²) in [6.45, 7) is 7.64. The molecule has 0 saturated carbocycles. The standard InChI is InChI=1S/C31H38N2O5/c1-5-12-33-30(37)23-15-18(2)27(24(17-34)28(23)31(33)38)26(35)10-9-22(25-8-6-7-11-32-25)16-21-13-19(3)29(36)20(4)14-21/h6-8,11,13-14,16,23-24,26,28,34-36H,5,9-10,12,15,17H2,1-4H3/b22-16-/t23-,24+,26-,28-/m1/s1. The molecule has 1 aromatic carbocycles. The van der Waals surface area contributed by atoms with Crippen LogP contribution < -0.4 is 0 Å². The van der Waals surface area contributed by atoms with Crippen molar-refractivity contribution in [2.24, 2.45) is 17.8 Å². The normalized spacial score (nSPS) is 22.7. The Morgan fingerprint density at radius 3 is 2.47 bits per heavy atom. The molecule has 2 heterocycles. The number of carbonyl (C=O) groups excluding carboxylic acids is 2. The van der Waals surface area contributed by atoms with Crippen molar-refractivity contribution in [1.29, 1.82) is 0 Å². The molecule has 4 atom stereocenters. The van der Waals surface area contributed by atoms with Crippen LogP contribution in [-0.4, -0.2) is 56.3 Å². The Hall–Kier alpha value is -3.29. The summed E-state index contributed by atoms with van der Waals surface area (Å²) in [6.07, 6.45) is 4.88. The van der Waals surface area contributed by atoms with Crippen LogP contribution in [0.25, 0.3) is 11.6 Å². The minimum atomic E-state index is -0.869. The van der Waals surface area contributed by atoms with Gasteiger partial charge in [0.2, 0.25) is 11.8 Å². The molecule has 1 fully saturated rings. The van der Waals surface area contributed by atoms with Gasteiger partial charge in [0.1, 0.15) is 5.75 Å². The molecule has 202 valence electrons. The smallest absolute Gasteiger partial charge is 0.233 e. The predicted molar refractivity (Wildman–Crippen MR) is 147 cm³/mol. The molecule has 1 aliphatic heterocycles. The molecular weight excluding hydrogens is 480 g/mol. The second kappa shape index (κ2) is 11.6. The van der Waals surface area contributed by atoms with E-state index < -0.39 is 23.9 Å². The Morgan fingerprint density at radius 1 is 1.16 bits per heavy atom. The van der Waals surface area contributed by atoms with E-state index >= 15 is 0 Å². The maximum absolute atomic E-state index is 13.2. The van der Waals surface area contributed by atoms with E-state index in [2.05, 4.69) is 4.98 Å². The van der Waals surface area contributed by atoms with Crippen LogP contribution in [-0.2, 0) is 9.59 Å². The molecule has 38 heavy (non-hydrogen) atoms. The third-order valence-corrected chi connectivity index (χ3v) is 7.96. The number of hydrogen-bond acceptors (Lipinski definition) is 6. The van der Waals surface area contributed by atoms with Crippen LogP contribution in [0.2, 0.25) is 0 Å². The summed E-state index contributed by atoms with van der Waals surface area (Å²) in [4.78, 5) is 32.0. The van der Waals surface area contributed by atoms with Gasteiger partial charge in [0.15, 0.2) is 0 Å². The third-order valence-electron chi connectivity index (χ3n) is 7.96. The zero-order chi connectivity index (χ0) is 27.6. The number of hydrogen-bond donors (Lipinski definition) is 3. The highest BCUT2D eigenvalue weighted by Crippen LogP contribution is 2.46. The number of rotatable bonds is 9. The van der Waals surface area contributed by atoms with Gasteiger partial charge in [-0.25, -0.2) is 0 Å². The lowest BCUT2D eigenvalue weighted by Crippen LogP contribution is -2.38. The summed E-state index contributed by atoms with van der Waals surface area (Å²) >= 11 is 0. The lowest BCUT2D eigenvalue weighted by molar-refractivity contribution is -0.140. The number of aryl methyl sites for hydroxylation is 2. The van der Waals surface area contributed by atoms with Crippen LogP contribution >= 0.6 is 0 Å². The zero-order valence-electron chi connectivity index (χ0n) is 22.6. The van der Waals surface area contributed by atoms with Crippen molar-refractivity contribution in [1.82, 2.24) is 9.88 Å². The number of phenolic OH excluding ortho intramolecular Hbond substituents is 1. The summed E-state index contributed by atoms with van der Waals surface area (Å²) in [6, 6.07) is 9.53. The average molecular weight is 519 g/mol. The number of aliphatic hydroxyl groups is 2. The zero-order valence-corrected chi connectivity index (χ0v) is 22.6. The molecule has 0 bridgehead atoms. The van der Waals surface area contributed by atoms with Crippen LogP contribution in [0.4, 0.5) is 0 Å². The van der Waals surface area contributed by atoms with Crippen LogP contribution in [0.15, 0.2) is 47.7 Å². The summed E-state index contributed by atoms with van der Waals surface area (Å²) in [5.41, 5.74) is 5.80. The first-order valence-electron chi connectivity index (χ1n) is 13.4. The molecule has 1 aliphatic carbocycles. The van der Waals surface area contributed by atoms with Crippen LogP contribution in [0.5, 0.6) is 5.75 Å². The van der Waals surface area contributed by atoms with Gasteiger partial charge in [-0.1, -0.05) is 18.6 Å². The van der Waals surface area contributed by atoms with Gasteiger partial charge in [-0.3, -0.25) is 19.5 Å². The Kier molecular flexibility index (Phi) is 8.48. The molecule has 2 amide bonds. The van der Waals surface area contributed by atoms with Gasteiger partial charge in [0.05, 0.1) is 30.2 Å². The number of aromatic hydroxyl groups is 1. The summed E-state index contributed by atoms with van der Waals surface area (Å²) in [5.74, 6) is -1.78. The molecule has 7 heteroatoms. The van der Waals surface area contributed by atoms with Gasteiger partial charge in [0, 0.05) is 18.7 Å². The number of aliphatic hydroxyl groups excluding tert-OH is 2. The summed E-state index contributed by atoms with van der Waals surface area (Å²) in [5, 5.41) is 31.9. The first kappa shape index (κ1) is 27.7. The van der Waals surface area contributed by atoms with Crippen molar-refractivity contribution >= 4 is 23.5 Å². The van der Waals surface area contributed by atoms with E-state index in [0.29, 0.717) is 37.8 Å². The first-order chi connectivity index (χ1) is 18.2. The molecule has 1 saturated heterocycles. The molecule has 7 nitrogen and oxygen atoms in total. The molecule has 0 unspecified atom stereocenters. The fourth-order valence-electron chi connectivity index (χ4n) is 6.17. The number of amides is 2. The summed E-state index contributed by atoms with van der Waals surface area (Å²) < 4.78 is 0. The Labute approximate surface area is 224 Å². The van der Waals surface area contributed by atoms with Crippen molar-refractivity contribution < 1.29 is 24.9 Å². The maximum atomic E-state index is 13.2. The number of allylic oxidation sites excluding steroid dienone is 2. The highest BCUT2D eigenvalue weighted by molar-refractivity contribution is 6.05. The molecule has 0 spiro atoms. The van der Waals surface area contributed by atoms with Crippen molar-refractivity contribution in [3.05, 3.63) is 70.1 Å². The number of phenols is 1. The monoisotopic (exact) mass is 518 g/mol. The number of imide groups is 1. The quantitative estimate of drug-likeness (QED) is 0.335. The van der Waals surface area contributed by atoms with Crippen molar-refractivity contribution in [3.63, 3.8) is 0 Å². The number of aromatic nitrogens is 1. The van der Waals surface area contributed by atoms with Gasteiger partial charge in [-0.2, -0.15) is 0 Å². The van der Waals surface area contributed by atoms with E-state index in [4.69, 9.17) is 0 Å². The highest BCUT2D eigenvalue weighted by atomic mass is 16.3. The number of carbonyl (C=O) groups is 2. The number of nitrogens with zero attached hydrogens (tertiary/aromatic N) is 2. The Balaban J connectivity index is 1.61. The van der Waals surface area contributed by atoms with Gasteiger partial charge in [-0.15, -0.1) is 0 Å². The minimum absolute atomic E-state index is 0.159. The van der Waals surface area contributed by atoms with Crippen molar-refractivity contribution in [3.8, 4) is 5.75 Å². The lowest BCUT2D eigenvalue weighted by Gasteiger charge is -2.35. The van der Waals surface area contributed by atoms with Gasteiger partial charge in [-0.05, 0) is 105 Å². The average Bonchev–Trinajstić information content (AvgIpc) is 3.13. The van der Waals surface area contributed by atoms with Crippen LogP contribution in [0, 0.1) is 31.6 Å². The molecular formula is C31H38N2O5. The van der Waals surface area contributed by atoms with Crippen LogP contribution in [0.1, 0.15) is 61.9 Å². The maximum Gasteiger partial charge on any atom is 0.233 e. The molecule has 2 aliphatic rings. The predicted octanol–water partition coefficient (Wildman–Crippen LogP) is 4.43. The van der Waals surface area contributed by atoms with Gasteiger partial charge < -0.3 is 15.3 Å². The van der Waals surface area contributed by atoms with Gasteiger partial charge in [0.25, 0.3) is 0 Å². The lowest BCUT2D eigenvalue weighted by atomic mass is 9.68. The van der Waals surface area contributed by atoms with Crippen LogP contribution in [0.3, 0.4) is 0 Å². The highest BCUT2D eigenvalue weighted by Gasteiger charge is 2.54. The molecule has 3 N–H and O–H groups in total. The molecule has 4 rings (SSSR count). The SMILES string of the molecule is CCCN1C(=O)[C@@H]2[C@@H](CC(C)=C([C@H](O)CC/C(=C/c3cc(C)c(O)c(C)c3)c3ccccn3)[C@@H]2CO)C1=O. The second-order valence-corrected chi connectivity index (χ2v) is 10.6. The number of pyridine rings is 1. The number of likely N-dealkylation sites (tertiary alicyclic amines) is 1. The summed E-state index contributed by atoms with van der Waals surface area (Å²) in [7, 11) is 0. The first-order valence-corrected chi connectivity index (χ1v) is 13.4. The fraction of sp³-hybridized carbons (Fsp3) is 0.452. The minimum Gasteiger partial charge on any atom is -0.507 e. The van der Waals surface area contributed by atoms with E-state index in [1.807, 2.05) is 64.1 Å². The van der Waals surface area contributed by atoms with Crippen molar-refractivity contribution in [2.45, 2.75) is 59.5 Å². The van der Waals surface area contributed by atoms with E-state index in [9.17, 15) is 24.9 Å².